The summed E-state index contributed by atoms with van der Waals surface area (Å²) >= 11 is 0. The maximum Gasteiger partial charge on any atom is 0.0995 e. The summed E-state index contributed by atoms with van der Waals surface area (Å²) in [6, 6.07) is 10.4. The number of hydrogen-bond donors (Lipinski definition) is 1. The molecule has 0 amide bonds. The molecular formula is C12H16N2. The molecule has 1 aromatic rings. The van der Waals surface area contributed by atoms with Gasteiger partial charge in [-0.05, 0) is 25.0 Å². The summed E-state index contributed by atoms with van der Waals surface area (Å²) in [5.41, 5.74) is 1.85. The van der Waals surface area contributed by atoms with Gasteiger partial charge in [-0.25, -0.2) is 0 Å². The number of nitrogens with zero attached hydrogens (tertiary/aromatic N) is 1. The van der Waals surface area contributed by atoms with E-state index < -0.39 is 0 Å². The second kappa shape index (κ2) is 5.41. The lowest BCUT2D eigenvalue weighted by Gasteiger charge is -2.11. The summed E-state index contributed by atoms with van der Waals surface area (Å²) in [4.78, 5) is 0. The Kier molecular flexibility index (Phi) is 4.15. The van der Waals surface area contributed by atoms with E-state index in [1.54, 1.807) is 0 Å². The van der Waals surface area contributed by atoms with Gasteiger partial charge in [-0.2, -0.15) is 5.26 Å². The second-order valence-electron chi connectivity index (χ2n) is 3.46. The molecule has 0 saturated carbocycles. The molecule has 0 radical (unpaired) electrons. The maximum atomic E-state index is 8.86. The first-order valence-electron chi connectivity index (χ1n) is 4.99. The second-order valence-corrected chi connectivity index (χ2v) is 3.46. The maximum absolute atomic E-state index is 8.86. The fraction of sp³-hybridized carbons (Fsp3) is 0.417. The van der Waals surface area contributed by atoms with E-state index in [1.807, 2.05) is 24.3 Å². The predicted molar refractivity (Wildman–Crippen MR) is 57.7 cm³/mol. The normalized spacial score (nSPS) is 12.1. The van der Waals surface area contributed by atoms with E-state index in [0.29, 0.717) is 6.04 Å². The molecule has 1 aromatic carbocycles. The van der Waals surface area contributed by atoms with Gasteiger partial charge in [0.15, 0.2) is 0 Å². The van der Waals surface area contributed by atoms with Gasteiger partial charge in [0.2, 0.25) is 0 Å². The number of rotatable bonds is 4. The van der Waals surface area contributed by atoms with Crippen molar-refractivity contribution in [3.63, 3.8) is 0 Å². The smallest absolute Gasteiger partial charge is 0.0995 e. The summed E-state index contributed by atoms with van der Waals surface area (Å²) < 4.78 is 0. The third-order valence-electron chi connectivity index (χ3n) is 2.39. The molecule has 1 N–H and O–H groups in total. The van der Waals surface area contributed by atoms with Crippen LogP contribution in [0.1, 0.15) is 31.4 Å². The van der Waals surface area contributed by atoms with Crippen LogP contribution >= 0.6 is 0 Å². The number of benzene rings is 1. The number of nitrogens with one attached hydrogen (secondary N) is 1. The Morgan fingerprint density at radius 1 is 1.43 bits per heavy atom. The van der Waals surface area contributed by atoms with Gasteiger partial charge in [0.1, 0.15) is 0 Å². The Labute approximate surface area is 85.6 Å². The highest BCUT2D eigenvalue weighted by Crippen LogP contribution is 2.07. The molecule has 1 rings (SSSR count). The summed E-state index contributed by atoms with van der Waals surface area (Å²) in [6.07, 6.45) is 1.11. The van der Waals surface area contributed by atoms with Gasteiger partial charge < -0.3 is 5.32 Å². The van der Waals surface area contributed by atoms with E-state index in [-0.39, 0.29) is 0 Å². The Hall–Kier alpha value is -1.33. The lowest BCUT2D eigenvalue weighted by atomic mass is 10.1. The van der Waals surface area contributed by atoms with E-state index >= 15 is 0 Å². The first-order valence-corrected chi connectivity index (χ1v) is 4.99. The minimum Gasteiger partial charge on any atom is -0.310 e. The highest BCUT2D eigenvalue weighted by Gasteiger charge is 2.02. The van der Waals surface area contributed by atoms with Crippen LogP contribution in [0.5, 0.6) is 0 Å². The molecule has 14 heavy (non-hydrogen) atoms. The van der Waals surface area contributed by atoms with Crippen LogP contribution in [0.15, 0.2) is 24.3 Å². The van der Waals surface area contributed by atoms with Crippen molar-refractivity contribution < 1.29 is 0 Å². The van der Waals surface area contributed by atoms with E-state index in [2.05, 4.69) is 25.2 Å². The molecule has 1 unspecified atom stereocenters. The van der Waals surface area contributed by atoms with Crippen LogP contribution in [0.2, 0.25) is 0 Å². The summed E-state index contributed by atoms with van der Waals surface area (Å²) in [5.74, 6) is 0. The Morgan fingerprint density at radius 2 is 2.14 bits per heavy atom. The van der Waals surface area contributed by atoms with Crippen LogP contribution in [-0.2, 0) is 6.54 Å². The van der Waals surface area contributed by atoms with Crippen molar-refractivity contribution in [3.05, 3.63) is 35.4 Å². The van der Waals surface area contributed by atoms with Crippen LogP contribution in [0.4, 0.5) is 0 Å². The van der Waals surface area contributed by atoms with Gasteiger partial charge in [-0.3, -0.25) is 0 Å². The molecular weight excluding hydrogens is 172 g/mol. The van der Waals surface area contributed by atoms with Crippen molar-refractivity contribution in [2.45, 2.75) is 32.9 Å². The molecule has 0 aromatic heterocycles. The highest BCUT2D eigenvalue weighted by molar-refractivity contribution is 5.37. The van der Waals surface area contributed by atoms with Crippen molar-refractivity contribution >= 4 is 0 Å². The van der Waals surface area contributed by atoms with Crippen molar-refractivity contribution in [3.8, 4) is 6.07 Å². The molecule has 0 bridgehead atoms. The molecule has 1 atom stereocenters. The van der Waals surface area contributed by atoms with Crippen LogP contribution in [0, 0.1) is 11.3 Å². The van der Waals surface area contributed by atoms with Crippen LogP contribution in [0.25, 0.3) is 0 Å². The first kappa shape index (κ1) is 10.7. The minimum absolute atomic E-state index is 0.502. The van der Waals surface area contributed by atoms with Crippen LogP contribution < -0.4 is 5.32 Å². The highest BCUT2D eigenvalue weighted by atomic mass is 14.9. The molecule has 0 aliphatic heterocycles. The van der Waals surface area contributed by atoms with Gasteiger partial charge in [0.05, 0.1) is 11.6 Å². The quantitative estimate of drug-likeness (QED) is 0.787. The average Bonchev–Trinajstić information content (AvgIpc) is 2.26. The number of hydrogen-bond acceptors (Lipinski definition) is 2. The molecule has 2 nitrogen and oxygen atoms in total. The van der Waals surface area contributed by atoms with Gasteiger partial charge in [0, 0.05) is 12.6 Å². The minimum atomic E-state index is 0.502. The largest absolute Gasteiger partial charge is 0.310 e. The molecule has 0 aliphatic carbocycles. The van der Waals surface area contributed by atoms with Gasteiger partial charge in [0.25, 0.3) is 0 Å². The molecule has 0 heterocycles. The van der Waals surface area contributed by atoms with Gasteiger partial charge in [-0.1, -0.05) is 25.1 Å². The summed E-state index contributed by atoms with van der Waals surface area (Å²) in [7, 11) is 0. The van der Waals surface area contributed by atoms with Crippen LogP contribution in [0.3, 0.4) is 0 Å². The lowest BCUT2D eigenvalue weighted by molar-refractivity contribution is 0.534. The summed E-state index contributed by atoms with van der Waals surface area (Å²) in [5, 5.41) is 12.2. The Bertz CT molecular complexity index is 325. The topological polar surface area (TPSA) is 35.8 Å². The van der Waals surface area contributed by atoms with Crippen molar-refractivity contribution in [2.75, 3.05) is 0 Å². The monoisotopic (exact) mass is 188 g/mol. The predicted octanol–water partition coefficient (Wildman–Crippen LogP) is 2.45. The fourth-order valence-corrected chi connectivity index (χ4v) is 1.21. The third kappa shape index (κ3) is 2.86. The standard InChI is InChI=1S/C12H16N2/c1-3-10(2)14-9-12-7-5-4-6-11(12)8-13/h4-7,10,14H,3,9H2,1-2H3. The average molecular weight is 188 g/mol. The number of nitriles is 1. The fourth-order valence-electron chi connectivity index (χ4n) is 1.21. The van der Waals surface area contributed by atoms with E-state index in [9.17, 15) is 0 Å². The SMILES string of the molecule is CCC(C)NCc1ccccc1C#N. The third-order valence-corrected chi connectivity index (χ3v) is 2.39. The Balaban J connectivity index is 2.63. The molecule has 0 spiro atoms. The van der Waals surface area contributed by atoms with Crippen molar-refractivity contribution in [2.24, 2.45) is 0 Å². The van der Waals surface area contributed by atoms with Crippen molar-refractivity contribution in [1.29, 1.82) is 5.26 Å². The molecule has 0 saturated heterocycles. The van der Waals surface area contributed by atoms with E-state index in [0.717, 1.165) is 24.1 Å². The van der Waals surface area contributed by atoms with Gasteiger partial charge >= 0.3 is 0 Å². The lowest BCUT2D eigenvalue weighted by Crippen LogP contribution is -2.24. The molecule has 74 valence electrons. The molecule has 0 fully saturated rings. The first-order chi connectivity index (χ1) is 6.77. The molecule has 0 aliphatic rings. The van der Waals surface area contributed by atoms with Crippen LogP contribution in [-0.4, -0.2) is 6.04 Å². The zero-order chi connectivity index (χ0) is 10.4. The van der Waals surface area contributed by atoms with E-state index in [4.69, 9.17) is 5.26 Å². The van der Waals surface area contributed by atoms with E-state index in [1.165, 1.54) is 0 Å². The summed E-state index contributed by atoms with van der Waals surface area (Å²) in [6.45, 7) is 5.07. The Morgan fingerprint density at radius 3 is 2.79 bits per heavy atom. The zero-order valence-electron chi connectivity index (χ0n) is 8.75. The zero-order valence-corrected chi connectivity index (χ0v) is 8.75. The molecule has 2 heteroatoms. The van der Waals surface area contributed by atoms with Gasteiger partial charge in [-0.15, -0.1) is 0 Å². The van der Waals surface area contributed by atoms with Crippen molar-refractivity contribution in [1.82, 2.24) is 5.32 Å².